The smallest absolute Gasteiger partial charge is 0.0585 e. The van der Waals surface area contributed by atoms with Gasteiger partial charge in [-0.05, 0) is 30.9 Å². The molecule has 2 atom stereocenters. The number of benzene rings is 1. The van der Waals surface area contributed by atoms with Crippen LogP contribution in [0.4, 0.5) is 5.69 Å². The van der Waals surface area contributed by atoms with Crippen LogP contribution in [0.25, 0.3) is 0 Å². The van der Waals surface area contributed by atoms with Gasteiger partial charge in [-0.25, -0.2) is 0 Å². The third kappa shape index (κ3) is 2.39. The molecule has 3 rings (SSSR count). The van der Waals surface area contributed by atoms with Crippen molar-refractivity contribution in [3.8, 4) is 0 Å². The standard InChI is InChI=1S/C16H23NO/c18-16-9-3-1-2-7-14(16)12-17-11-10-13-6-4-5-8-15(13)17/h4-6,8,14,16,18H,1-3,7,9-12H2. The summed E-state index contributed by atoms with van der Waals surface area (Å²) in [6.07, 6.45) is 7.06. The minimum atomic E-state index is -0.0831. The molecule has 1 N–H and O–H groups in total. The average molecular weight is 245 g/mol. The van der Waals surface area contributed by atoms with Crippen molar-refractivity contribution in [2.45, 2.75) is 44.6 Å². The molecular formula is C16H23NO. The first-order valence-electron chi connectivity index (χ1n) is 7.35. The maximum atomic E-state index is 10.2. The van der Waals surface area contributed by atoms with E-state index < -0.39 is 0 Å². The quantitative estimate of drug-likeness (QED) is 0.810. The number of fused-ring (bicyclic) bond motifs is 1. The molecular weight excluding hydrogens is 222 g/mol. The molecule has 1 saturated carbocycles. The van der Waals surface area contributed by atoms with E-state index in [0.717, 1.165) is 19.5 Å². The predicted molar refractivity (Wildman–Crippen MR) is 74.9 cm³/mol. The largest absolute Gasteiger partial charge is 0.393 e. The summed E-state index contributed by atoms with van der Waals surface area (Å²) in [4.78, 5) is 2.48. The van der Waals surface area contributed by atoms with Gasteiger partial charge in [-0.3, -0.25) is 0 Å². The van der Waals surface area contributed by atoms with E-state index in [1.54, 1.807) is 0 Å². The highest BCUT2D eigenvalue weighted by atomic mass is 16.3. The van der Waals surface area contributed by atoms with Crippen molar-refractivity contribution < 1.29 is 5.11 Å². The highest BCUT2D eigenvalue weighted by Gasteiger charge is 2.26. The van der Waals surface area contributed by atoms with Gasteiger partial charge >= 0.3 is 0 Å². The summed E-state index contributed by atoms with van der Waals surface area (Å²) < 4.78 is 0. The van der Waals surface area contributed by atoms with Gasteiger partial charge in [0.2, 0.25) is 0 Å². The maximum absolute atomic E-state index is 10.2. The van der Waals surface area contributed by atoms with Crippen LogP contribution < -0.4 is 4.90 Å². The summed E-state index contributed by atoms with van der Waals surface area (Å²) in [6, 6.07) is 8.72. The van der Waals surface area contributed by atoms with Crippen LogP contribution in [-0.4, -0.2) is 24.3 Å². The first-order valence-corrected chi connectivity index (χ1v) is 7.35. The van der Waals surface area contributed by atoms with E-state index in [4.69, 9.17) is 0 Å². The van der Waals surface area contributed by atoms with Gasteiger partial charge in [0, 0.05) is 24.7 Å². The number of aliphatic hydroxyl groups excluding tert-OH is 1. The molecule has 1 aromatic carbocycles. The second-order valence-corrected chi connectivity index (χ2v) is 5.79. The minimum absolute atomic E-state index is 0.0831. The molecule has 1 heterocycles. The van der Waals surface area contributed by atoms with Crippen LogP contribution in [-0.2, 0) is 6.42 Å². The summed E-state index contributed by atoms with van der Waals surface area (Å²) in [5.74, 6) is 0.471. The van der Waals surface area contributed by atoms with Crippen molar-refractivity contribution in [3.63, 3.8) is 0 Å². The van der Waals surface area contributed by atoms with Gasteiger partial charge in [0.05, 0.1) is 6.10 Å². The molecule has 2 heteroatoms. The van der Waals surface area contributed by atoms with Crippen molar-refractivity contribution in [2.75, 3.05) is 18.0 Å². The second kappa shape index (κ2) is 5.31. The Morgan fingerprint density at radius 1 is 1.11 bits per heavy atom. The zero-order valence-electron chi connectivity index (χ0n) is 11.0. The molecule has 0 radical (unpaired) electrons. The van der Waals surface area contributed by atoms with Gasteiger partial charge < -0.3 is 10.0 Å². The fourth-order valence-electron chi connectivity index (χ4n) is 3.46. The van der Waals surface area contributed by atoms with Crippen LogP contribution in [0.1, 0.15) is 37.7 Å². The Bertz CT molecular complexity index is 404. The summed E-state index contributed by atoms with van der Waals surface area (Å²) in [6.45, 7) is 2.17. The van der Waals surface area contributed by atoms with Crippen LogP contribution in [0, 0.1) is 5.92 Å². The Morgan fingerprint density at radius 2 is 1.94 bits per heavy atom. The number of hydrogen-bond acceptors (Lipinski definition) is 2. The molecule has 2 aliphatic rings. The van der Waals surface area contributed by atoms with Gasteiger partial charge in [0.1, 0.15) is 0 Å². The fourth-order valence-corrected chi connectivity index (χ4v) is 3.46. The predicted octanol–water partition coefficient (Wildman–Crippen LogP) is 2.99. The first kappa shape index (κ1) is 12.0. The van der Waals surface area contributed by atoms with Crippen molar-refractivity contribution in [3.05, 3.63) is 29.8 Å². The topological polar surface area (TPSA) is 23.5 Å². The van der Waals surface area contributed by atoms with Crippen molar-refractivity contribution >= 4 is 5.69 Å². The van der Waals surface area contributed by atoms with E-state index in [1.807, 2.05) is 0 Å². The Labute approximate surface area is 110 Å². The fraction of sp³-hybridized carbons (Fsp3) is 0.625. The number of aliphatic hydroxyl groups is 1. The lowest BCUT2D eigenvalue weighted by atomic mass is 9.96. The second-order valence-electron chi connectivity index (χ2n) is 5.79. The molecule has 1 fully saturated rings. The molecule has 1 aliphatic heterocycles. The molecule has 2 unspecified atom stereocenters. The molecule has 1 aliphatic carbocycles. The van der Waals surface area contributed by atoms with Gasteiger partial charge in [-0.15, -0.1) is 0 Å². The Hall–Kier alpha value is -1.02. The summed E-state index contributed by atoms with van der Waals surface area (Å²) >= 11 is 0. The lowest BCUT2D eigenvalue weighted by Gasteiger charge is -2.28. The van der Waals surface area contributed by atoms with Crippen LogP contribution in [0.5, 0.6) is 0 Å². The Kier molecular flexibility index (Phi) is 3.55. The number of anilines is 1. The number of hydrogen-bond donors (Lipinski definition) is 1. The third-order valence-electron chi connectivity index (χ3n) is 4.56. The average Bonchev–Trinajstić information content (AvgIpc) is 2.69. The minimum Gasteiger partial charge on any atom is -0.393 e. The number of rotatable bonds is 2. The zero-order valence-corrected chi connectivity index (χ0v) is 11.0. The SMILES string of the molecule is OC1CCCCCC1CN1CCc2ccccc21. The van der Waals surface area contributed by atoms with Gasteiger partial charge in [-0.1, -0.05) is 37.5 Å². The van der Waals surface area contributed by atoms with E-state index in [0.29, 0.717) is 5.92 Å². The third-order valence-corrected chi connectivity index (χ3v) is 4.56. The molecule has 1 aromatic rings. The Morgan fingerprint density at radius 3 is 2.89 bits per heavy atom. The van der Waals surface area contributed by atoms with E-state index in [9.17, 15) is 5.11 Å². The molecule has 0 amide bonds. The van der Waals surface area contributed by atoms with Crippen molar-refractivity contribution in [1.82, 2.24) is 0 Å². The van der Waals surface area contributed by atoms with E-state index >= 15 is 0 Å². The van der Waals surface area contributed by atoms with Gasteiger partial charge in [0.25, 0.3) is 0 Å². The van der Waals surface area contributed by atoms with E-state index in [2.05, 4.69) is 29.2 Å². The first-order chi connectivity index (χ1) is 8.84. The number of para-hydroxylation sites is 1. The van der Waals surface area contributed by atoms with Crippen LogP contribution in [0.2, 0.25) is 0 Å². The van der Waals surface area contributed by atoms with Crippen molar-refractivity contribution in [1.29, 1.82) is 0 Å². The van der Waals surface area contributed by atoms with Crippen LogP contribution in [0.15, 0.2) is 24.3 Å². The van der Waals surface area contributed by atoms with Gasteiger partial charge in [0.15, 0.2) is 0 Å². The highest BCUT2D eigenvalue weighted by Crippen LogP contribution is 2.31. The van der Waals surface area contributed by atoms with Crippen LogP contribution in [0.3, 0.4) is 0 Å². The molecule has 0 saturated heterocycles. The van der Waals surface area contributed by atoms with E-state index in [-0.39, 0.29) is 6.10 Å². The number of nitrogens with zero attached hydrogens (tertiary/aromatic N) is 1. The summed E-state index contributed by atoms with van der Waals surface area (Å²) in [5.41, 5.74) is 2.87. The van der Waals surface area contributed by atoms with Crippen molar-refractivity contribution in [2.24, 2.45) is 5.92 Å². The Balaban J connectivity index is 1.70. The molecule has 98 valence electrons. The molecule has 0 bridgehead atoms. The lowest BCUT2D eigenvalue weighted by molar-refractivity contribution is 0.104. The lowest BCUT2D eigenvalue weighted by Crippen LogP contribution is -2.33. The van der Waals surface area contributed by atoms with E-state index in [1.165, 1.54) is 43.4 Å². The zero-order chi connectivity index (χ0) is 12.4. The monoisotopic (exact) mass is 245 g/mol. The summed E-state index contributed by atoms with van der Waals surface area (Å²) in [7, 11) is 0. The van der Waals surface area contributed by atoms with Gasteiger partial charge in [-0.2, -0.15) is 0 Å². The normalized spacial score (nSPS) is 27.9. The summed E-state index contributed by atoms with van der Waals surface area (Å²) in [5, 5.41) is 10.2. The molecule has 18 heavy (non-hydrogen) atoms. The molecule has 0 aromatic heterocycles. The van der Waals surface area contributed by atoms with Crippen LogP contribution >= 0.6 is 0 Å². The highest BCUT2D eigenvalue weighted by molar-refractivity contribution is 5.57. The molecule has 0 spiro atoms. The maximum Gasteiger partial charge on any atom is 0.0585 e. The molecule has 2 nitrogen and oxygen atoms in total.